The maximum atomic E-state index is 9.47. The summed E-state index contributed by atoms with van der Waals surface area (Å²) >= 11 is 0. The Balaban J connectivity index is 0.000000921. The molecule has 0 fully saturated rings. The molecule has 0 saturated carbocycles. The topological polar surface area (TPSA) is 37.3 Å². The van der Waals surface area contributed by atoms with Gasteiger partial charge in [-0.25, -0.2) is 0 Å². The van der Waals surface area contributed by atoms with Gasteiger partial charge in [0.25, 0.3) is 0 Å². The lowest BCUT2D eigenvalue weighted by Gasteiger charge is -2.03. The van der Waals surface area contributed by atoms with E-state index < -0.39 is 0 Å². The van der Waals surface area contributed by atoms with Crippen LogP contribution in [0.4, 0.5) is 0 Å². The first-order valence-electron chi connectivity index (χ1n) is 5.40. The summed E-state index contributed by atoms with van der Waals surface area (Å²) in [5.41, 5.74) is 1.08. The number of aryl methyl sites for hydroxylation is 1. The second-order valence-corrected chi connectivity index (χ2v) is 3.44. The molecule has 0 saturated heterocycles. The van der Waals surface area contributed by atoms with Crippen molar-refractivity contribution < 1.29 is 9.90 Å². The highest BCUT2D eigenvalue weighted by molar-refractivity contribution is 5.31. The van der Waals surface area contributed by atoms with Crippen molar-refractivity contribution in [1.29, 1.82) is 0 Å². The third-order valence-corrected chi connectivity index (χ3v) is 2.29. The number of phenols is 1. The van der Waals surface area contributed by atoms with Crippen LogP contribution in [0.5, 0.6) is 5.75 Å². The van der Waals surface area contributed by atoms with Gasteiger partial charge < -0.3 is 9.90 Å². The van der Waals surface area contributed by atoms with Gasteiger partial charge in [0, 0.05) is 0 Å². The van der Waals surface area contributed by atoms with E-state index in [1.807, 2.05) is 25.0 Å². The molecule has 15 heavy (non-hydrogen) atoms. The number of aromatic hydroxyl groups is 1. The summed E-state index contributed by atoms with van der Waals surface area (Å²) in [4.78, 5) is 8.00. The first-order chi connectivity index (χ1) is 7.34. The molecule has 0 aromatic heterocycles. The van der Waals surface area contributed by atoms with E-state index >= 15 is 0 Å². The molecule has 1 rings (SSSR count). The van der Waals surface area contributed by atoms with E-state index in [-0.39, 0.29) is 0 Å². The largest absolute Gasteiger partial charge is 0.508 e. The second kappa shape index (κ2) is 9.25. The minimum Gasteiger partial charge on any atom is -0.508 e. The van der Waals surface area contributed by atoms with Crippen LogP contribution in [0.3, 0.4) is 0 Å². The molecular formula is C13H20O2. The van der Waals surface area contributed by atoms with Crippen LogP contribution < -0.4 is 0 Å². The summed E-state index contributed by atoms with van der Waals surface area (Å²) < 4.78 is 0. The van der Waals surface area contributed by atoms with E-state index in [1.54, 1.807) is 6.07 Å². The third-order valence-electron chi connectivity index (χ3n) is 2.29. The first kappa shape index (κ1) is 13.7. The van der Waals surface area contributed by atoms with E-state index in [0.29, 0.717) is 5.75 Å². The fraction of sp³-hybridized carbons (Fsp3) is 0.462. The standard InChI is InChI=1S/C12H18O.CH2O/c1-2-3-4-5-8-11-9-6-7-10-12(11)13;1-2/h6-7,9-10,13H,2-5,8H2,1H3;1H2. The lowest BCUT2D eigenvalue weighted by molar-refractivity contribution is -0.0979. The molecule has 0 aliphatic carbocycles. The summed E-state index contributed by atoms with van der Waals surface area (Å²) in [6, 6.07) is 7.61. The zero-order chi connectivity index (χ0) is 11.5. The number of benzene rings is 1. The predicted molar refractivity (Wildman–Crippen MR) is 63.1 cm³/mol. The van der Waals surface area contributed by atoms with E-state index in [4.69, 9.17) is 4.79 Å². The van der Waals surface area contributed by atoms with Crippen LogP contribution in [0.25, 0.3) is 0 Å². The smallest absolute Gasteiger partial charge is 0.118 e. The monoisotopic (exact) mass is 208 g/mol. The highest BCUT2D eigenvalue weighted by atomic mass is 16.3. The third kappa shape index (κ3) is 5.89. The molecule has 0 bridgehead atoms. The highest BCUT2D eigenvalue weighted by Gasteiger charge is 1.98. The maximum absolute atomic E-state index is 9.47. The highest BCUT2D eigenvalue weighted by Crippen LogP contribution is 2.18. The Morgan fingerprint density at radius 1 is 1.13 bits per heavy atom. The lowest BCUT2D eigenvalue weighted by Crippen LogP contribution is -1.86. The van der Waals surface area contributed by atoms with Crippen molar-refractivity contribution in [3.63, 3.8) is 0 Å². The number of phenolic OH excluding ortho intramolecular Hbond substituents is 1. The Hall–Kier alpha value is -1.31. The number of carbonyl (C=O) groups excluding carboxylic acids is 1. The number of para-hydroxylation sites is 1. The first-order valence-corrected chi connectivity index (χ1v) is 5.40. The number of hydrogen-bond acceptors (Lipinski definition) is 2. The van der Waals surface area contributed by atoms with Gasteiger partial charge in [0.1, 0.15) is 12.5 Å². The number of carbonyl (C=O) groups is 1. The molecule has 0 heterocycles. The van der Waals surface area contributed by atoms with Crippen molar-refractivity contribution in [2.75, 3.05) is 0 Å². The summed E-state index contributed by atoms with van der Waals surface area (Å²) in [6.07, 6.45) is 6.03. The Bertz CT molecular complexity index is 258. The Kier molecular flexibility index (Phi) is 8.44. The lowest BCUT2D eigenvalue weighted by atomic mass is 10.1. The molecule has 1 aromatic carbocycles. The molecule has 0 radical (unpaired) electrons. The van der Waals surface area contributed by atoms with Crippen molar-refractivity contribution >= 4 is 6.79 Å². The maximum Gasteiger partial charge on any atom is 0.118 e. The molecule has 1 aromatic rings. The van der Waals surface area contributed by atoms with Crippen LogP contribution in [0.15, 0.2) is 24.3 Å². The van der Waals surface area contributed by atoms with E-state index in [0.717, 1.165) is 12.0 Å². The average molecular weight is 208 g/mol. The Morgan fingerprint density at radius 3 is 2.40 bits per heavy atom. The summed E-state index contributed by atoms with van der Waals surface area (Å²) in [5.74, 6) is 0.444. The number of unbranched alkanes of at least 4 members (excludes halogenated alkanes) is 3. The van der Waals surface area contributed by atoms with Gasteiger partial charge in [-0.05, 0) is 24.5 Å². The van der Waals surface area contributed by atoms with Gasteiger partial charge in [0.2, 0.25) is 0 Å². The molecule has 0 spiro atoms. The van der Waals surface area contributed by atoms with Gasteiger partial charge in [0.15, 0.2) is 0 Å². The molecule has 0 aliphatic heterocycles. The van der Waals surface area contributed by atoms with Gasteiger partial charge in [-0.1, -0.05) is 44.4 Å². The Morgan fingerprint density at radius 2 is 1.80 bits per heavy atom. The van der Waals surface area contributed by atoms with Crippen molar-refractivity contribution in [3.05, 3.63) is 29.8 Å². The minimum absolute atomic E-state index is 0.444. The Labute approximate surface area is 91.9 Å². The predicted octanol–water partition coefficient (Wildman–Crippen LogP) is 3.33. The summed E-state index contributed by atoms with van der Waals surface area (Å²) in [6.45, 7) is 4.21. The van der Waals surface area contributed by atoms with Crippen LogP contribution in [-0.4, -0.2) is 11.9 Å². The minimum atomic E-state index is 0.444. The molecule has 0 atom stereocenters. The summed E-state index contributed by atoms with van der Waals surface area (Å²) in [7, 11) is 0. The average Bonchev–Trinajstić information content (AvgIpc) is 2.29. The molecule has 0 unspecified atom stereocenters. The van der Waals surface area contributed by atoms with Crippen molar-refractivity contribution in [1.82, 2.24) is 0 Å². The van der Waals surface area contributed by atoms with Gasteiger partial charge in [0.05, 0.1) is 0 Å². The van der Waals surface area contributed by atoms with Gasteiger partial charge in [-0.3, -0.25) is 0 Å². The van der Waals surface area contributed by atoms with E-state index in [2.05, 4.69) is 6.92 Å². The fourth-order valence-corrected chi connectivity index (χ4v) is 1.46. The van der Waals surface area contributed by atoms with Crippen LogP contribution in [-0.2, 0) is 11.2 Å². The normalized spacial score (nSPS) is 9.13. The van der Waals surface area contributed by atoms with Gasteiger partial charge in [-0.15, -0.1) is 0 Å². The van der Waals surface area contributed by atoms with Gasteiger partial charge in [-0.2, -0.15) is 0 Å². The van der Waals surface area contributed by atoms with Gasteiger partial charge >= 0.3 is 0 Å². The van der Waals surface area contributed by atoms with E-state index in [1.165, 1.54) is 25.7 Å². The quantitative estimate of drug-likeness (QED) is 0.753. The molecule has 2 heteroatoms. The number of rotatable bonds is 5. The molecule has 0 amide bonds. The second-order valence-electron chi connectivity index (χ2n) is 3.44. The van der Waals surface area contributed by atoms with Crippen LogP contribution >= 0.6 is 0 Å². The SMILES string of the molecule is C=O.CCCCCCc1ccccc1O. The molecule has 2 nitrogen and oxygen atoms in total. The van der Waals surface area contributed by atoms with Crippen LogP contribution in [0, 0.1) is 0 Å². The fourth-order valence-electron chi connectivity index (χ4n) is 1.46. The van der Waals surface area contributed by atoms with Crippen LogP contribution in [0.1, 0.15) is 38.2 Å². The molecular weight excluding hydrogens is 188 g/mol. The molecule has 0 aliphatic rings. The zero-order valence-corrected chi connectivity index (χ0v) is 9.41. The van der Waals surface area contributed by atoms with Crippen LogP contribution in [0.2, 0.25) is 0 Å². The zero-order valence-electron chi connectivity index (χ0n) is 9.41. The summed E-state index contributed by atoms with van der Waals surface area (Å²) in [5, 5.41) is 9.47. The molecule has 84 valence electrons. The van der Waals surface area contributed by atoms with Crippen molar-refractivity contribution in [2.24, 2.45) is 0 Å². The van der Waals surface area contributed by atoms with E-state index in [9.17, 15) is 5.11 Å². The number of hydrogen-bond donors (Lipinski definition) is 1. The van der Waals surface area contributed by atoms with Crippen molar-refractivity contribution in [2.45, 2.75) is 39.0 Å². The van der Waals surface area contributed by atoms with Crippen molar-refractivity contribution in [3.8, 4) is 5.75 Å². The molecule has 1 N–H and O–H groups in total.